The number of hydrogen-bond donors (Lipinski definition) is 2. The molecule has 7 heteroatoms. The lowest BCUT2D eigenvalue weighted by Gasteiger charge is -2.14. The Morgan fingerprint density at radius 1 is 1.32 bits per heavy atom. The highest BCUT2D eigenvalue weighted by molar-refractivity contribution is 7.89. The van der Waals surface area contributed by atoms with E-state index >= 15 is 0 Å². The molecule has 0 atom stereocenters. The molecule has 2 rings (SSSR count). The molecule has 0 bridgehead atoms. The van der Waals surface area contributed by atoms with Crippen molar-refractivity contribution in [2.24, 2.45) is 5.41 Å². The number of rotatable bonds is 5. The molecule has 19 heavy (non-hydrogen) atoms. The standard InChI is InChI=1S/C12H16F2N2O2S/c1-2-12(3-4-12)7-16-19(17,18)11-6-10(15)8(13)5-9(11)14/h5-6,16H,2-4,7,15H2,1H3. The van der Waals surface area contributed by atoms with Crippen molar-refractivity contribution in [2.45, 2.75) is 31.1 Å². The van der Waals surface area contributed by atoms with E-state index in [9.17, 15) is 17.2 Å². The van der Waals surface area contributed by atoms with Crippen LogP contribution >= 0.6 is 0 Å². The third kappa shape index (κ3) is 2.87. The first kappa shape index (κ1) is 14.2. The summed E-state index contributed by atoms with van der Waals surface area (Å²) in [5.74, 6) is -2.11. The zero-order valence-electron chi connectivity index (χ0n) is 10.5. The van der Waals surface area contributed by atoms with Crippen LogP contribution in [0.15, 0.2) is 17.0 Å². The normalized spacial score (nSPS) is 17.4. The van der Waals surface area contributed by atoms with E-state index < -0.39 is 32.2 Å². The molecule has 1 aliphatic carbocycles. The van der Waals surface area contributed by atoms with Crippen LogP contribution in [-0.2, 0) is 10.0 Å². The second-order valence-corrected chi connectivity index (χ2v) is 6.72. The smallest absolute Gasteiger partial charge is 0.243 e. The Hall–Kier alpha value is -1.21. The molecule has 0 unspecified atom stereocenters. The largest absolute Gasteiger partial charge is 0.396 e. The fourth-order valence-corrected chi connectivity index (χ4v) is 3.16. The lowest BCUT2D eigenvalue weighted by atomic mass is 10.1. The Balaban J connectivity index is 2.22. The van der Waals surface area contributed by atoms with Gasteiger partial charge >= 0.3 is 0 Å². The Morgan fingerprint density at radius 3 is 2.47 bits per heavy atom. The summed E-state index contributed by atoms with van der Waals surface area (Å²) in [6, 6.07) is 1.29. The van der Waals surface area contributed by atoms with Crippen LogP contribution in [0, 0.1) is 17.0 Å². The fraction of sp³-hybridized carbons (Fsp3) is 0.500. The maximum absolute atomic E-state index is 13.5. The van der Waals surface area contributed by atoms with Crippen molar-refractivity contribution in [2.75, 3.05) is 12.3 Å². The highest BCUT2D eigenvalue weighted by Crippen LogP contribution is 2.48. The third-order valence-corrected chi connectivity index (χ3v) is 5.10. The third-order valence-electron chi connectivity index (χ3n) is 3.69. The number of hydrogen-bond acceptors (Lipinski definition) is 3. The minimum Gasteiger partial charge on any atom is -0.396 e. The maximum atomic E-state index is 13.5. The van der Waals surface area contributed by atoms with Gasteiger partial charge in [-0.3, -0.25) is 0 Å². The Morgan fingerprint density at radius 2 is 1.95 bits per heavy atom. The average Bonchev–Trinajstić information content (AvgIpc) is 3.12. The Bertz CT molecular complexity index is 598. The molecular weight excluding hydrogens is 274 g/mol. The molecule has 0 heterocycles. The van der Waals surface area contributed by atoms with Gasteiger partial charge in [-0.25, -0.2) is 21.9 Å². The molecule has 0 radical (unpaired) electrons. The first-order valence-corrected chi connectivity index (χ1v) is 7.52. The van der Waals surface area contributed by atoms with Gasteiger partial charge in [0.25, 0.3) is 0 Å². The zero-order valence-corrected chi connectivity index (χ0v) is 11.4. The van der Waals surface area contributed by atoms with E-state index in [4.69, 9.17) is 5.73 Å². The fourth-order valence-electron chi connectivity index (χ4n) is 1.91. The molecule has 1 aliphatic rings. The van der Waals surface area contributed by atoms with Crippen LogP contribution in [0.5, 0.6) is 0 Å². The lowest BCUT2D eigenvalue weighted by molar-refractivity contribution is 0.473. The van der Waals surface area contributed by atoms with E-state index in [-0.39, 0.29) is 12.0 Å². The SMILES string of the molecule is CCC1(CNS(=O)(=O)c2cc(N)c(F)cc2F)CC1. The molecular formula is C12H16F2N2O2S. The molecule has 3 N–H and O–H groups in total. The Labute approximate surface area is 111 Å². The van der Waals surface area contributed by atoms with Crippen molar-refractivity contribution in [3.05, 3.63) is 23.8 Å². The van der Waals surface area contributed by atoms with Crippen molar-refractivity contribution >= 4 is 15.7 Å². The average molecular weight is 290 g/mol. The number of benzene rings is 1. The molecule has 0 spiro atoms. The molecule has 1 saturated carbocycles. The molecule has 0 amide bonds. The van der Waals surface area contributed by atoms with Gasteiger partial charge in [-0.15, -0.1) is 0 Å². The van der Waals surface area contributed by atoms with Crippen LogP contribution in [0.2, 0.25) is 0 Å². The van der Waals surface area contributed by atoms with Gasteiger partial charge in [0.05, 0.1) is 5.69 Å². The van der Waals surface area contributed by atoms with E-state index in [0.29, 0.717) is 6.07 Å². The molecule has 0 aromatic heterocycles. The van der Waals surface area contributed by atoms with Crippen molar-refractivity contribution < 1.29 is 17.2 Å². The molecule has 0 aliphatic heterocycles. The van der Waals surface area contributed by atoms with Crippen LogP contribution in [-0.4, -0.2) is 15.0 Å². The summed E-state index contributed by atoms with van der Waals surface area (Å²) in [5, 5.41) is 0. The number of anilines is 1. The van der Waals surface area contributed by atoms with Crippen LogP contribution in [0.4, 0.5) is 14.5 Å². The summed E-state index contributed by atoms with van der Waals surface area (Å²) in [6.45, 7) is 2.25. The molecule has 1 aromatic rings. The van der Waals surface area contributed by atoms with Crippen molar-refractivity contribution in [3.63, 3.8) is 0 Å². The number of nitrogen functional groups attached to an aromatic ring is 1. The van der Waals surface area contributed by atoms with Gasteiger partial charge in [0.1, 0.15) is 16.5 Å². The van der Waals surface area contributed by atoms with Gasteiger partial charge in [-0.05, 0) is 30.7 Å². The van der Waals surface area contributed by atoms with Crippen LogP contribution in [0.25, 0.3) is 0 Å². The predicted molar refractivity (Wildman–Crippen MR) is 67.9 cm³/mol. The van der Waals surface area contributed by atoms with E-state index in [2.05, 4.69) is 4.72 Å². The van der Waals surface area contributed by atoms with E-state index in [1.807, 2.05) is 6.92 Å². The van der Waals surface area contributed by atoms with Gasteiger partial charge < -0.3 is 5.73 Å². The quantitative estimate of drug-likeness (QED) is 0.815. The van der Waals surface area contributed by atoms with Gasteiger partial charge in [-0.1, -0.05) is 6.92 Å². The highest BCUT2D eigenvalue weighted by Gasteiger charge is 2.41. The number of sulfonamides is 1. The lowest BCUT2D eigenvalue weighted by Crippen LogP contribution is -2.30. The first-order valence-electron chi connectivity index (χ1n) is 6.04. The summed E-state index contributed by atoms with van der Waals surface area (Å²) in [5.41, 5.74) is 4.88. The van der Waals surface area contributed by atoms with Crippen molar-refractivity contribution in [1.82, 2.24) is 4.72 Å². The highest BCUT2D eigenvalue weighted by atomic mass is 32.2. The molecule has 1 fully saturated rings. The van der Waals surface area contributed by atoms with E-state index in [0.717, 1.165) is 25.3 Å². The second kappa shape index (κ2) is 4.72. The van der Waals surface area contributed by atoms with Gasteiger partial charge in [0, 0.05) is 12.6 Å². The molecule has 4 nitrogen and oxygen atoms in total. The van der Waals surface area contributed by atoms with Crippen molar-refractivity contribution in [3.8, 4) is 0 Å². The van der Waals surface area contributed by atoms with Crippen LogP contribution in [0.1, 0.15) is 26.2 Å². The molecule has 0 saturated heterocycles. The molecule has 1 aromatic carbocycles. The maximum Gasteiger partial charge on any atom is 0.243 e. The summed E-state index contributed by atoms with van der Waals surface area (Å²) < 4.78 is 52.9. The van der Waals surface area contributed by atoms with E-state index in [1.54, 1.807) is 0 Å². The number of nitrogens with one attached hydrogen (secondary N) is 1. The summed E-state index contributed by atoms with van der Waals surface area (Å²) in [6.07, 6.45) is 2.78. The monoisotopic (exact) mass is 290 g/mol. The van der Waals surface area contributed by atoms with Crippen molar-refractivity contribution in [1.29, 1.82) is 0 Å². The number of nitrogens with two attached hydrogens (primary N) is 1. The predicted octanol–water partition coefficient (Wildman–Crippen LogP) is 2.02. The topological polar surface area (TPSA) is 72.2 Å². The van der Waals surface area contributed by atoms with Gasteiger partial charge in [-0.2, -0.15) is 0 Å². The summed E-state index contributed by atoms with van der Waals surface area (Å²) in [4.78, 5) is -0.613. The van der Waals surface area contributed by atoms with Gasteiger partial charge in [0.15, 0.2) is 0 Å². The van der Waals surface area contributed by atoms with E-state index in [1.165, 1.54) is 0 Å². The molecule has 106 valence electrons. The van der Waals surface area contributed by atoms with Crippen LogP contribution in [0.3, 0.4) is 0 Å². The summed E-state index contributed by atoms with van der Waals surface area (Å²) >= 11 is 0. The Kier molecular flexibility index (Phi) is 3.53. The zero-order chi connectivity index (χ0) is 14.3. The van der Waals surface area contributed by atoms with Gasteiger partial charge in [0.2, 0.25) is 10.0 Å². The second-order valence-electron chi connectivity index (χ2n) is 4.98. The minimum atomic E-state index is -4.01. The number of halogens is 2. The minimum absolute atomic E-state index is 0.00484. The first-order chi connectivity index (χ1) is 8.80. The van der Waals surface area contributed by atoms with Crippen LogP contribution < -0.4 is 10.5 Å². The summed E-state index contributed by atoms with van der Waals surface area (Å²) in [7, 11) is -4.01.